The quantitative estimate of drug-likeness (QED) is 0.109. The summed E-state index contributed by atoms with van der Waals surface area (Å²) in [7, 11) is 0. The van der Waals surface area contributed by atoms with Gasteiger partial charge in [-0.25, -0.2) is 0 Å². The summed E-state index contributed by atoms with van der Waals surface area (Å²) in [6, 6.07) is 25.5. The molecule has 4 aromatic carbocycles. The minimum atomic E-state index is -1.47. The summed E-state index contributed by atoms with van der Waals surface area (Å²) in [5, 5.41) is 30.7. The van der Waals surface area contributed by atoms with Crippen LogP contribution in [0.4, 0.5) is 0 Å². The van der Waals surface area contributed by atoms with Crippen LogP contribution in [0.25, 0.3) is 0 Å². The molecule has 67 heavy (non-hydrogen) atoms. The van der Waals surface area contributed by atoms with Gasteiger partial charge in [0.1, 0.15) is 54.0 Å². The molecule has 4 aromatic rings. The summed E-state index contributed by atoms with van der Waals surface area (Å²) in [6.45, 7) is 6.62. The van der Waals surface area contributed by atoms with E-state index in [0.717, 1.165) is 37.6 Å². The van der Waals surface area contributed by atoms with E-state index in [4.69, 9.17) is 23.7 Å². The van der Waals surface area contributed by atoms with E-state index >= 15 is 0 Å². The molecule has 4 amide bonds. The summed E-state index contributed by atoms with van der Waals surface area (Å²) in [5.41, 5.74) is 1.15. The van der Waals surface area contributed by atoms with Crippen molar-refractivity contribution in [3.8, 4) is 0 Å². The smallest absolute Gasteiger partial charge is 0.303 e. The number of imide groups is 2. The van der Waals surface area contributed by atoms with E-state index in [1.165, 1.54) is 49.5 Å². The van der Waals surface area contributed by atoms with Crippen LogP contribution in [0.5, 0.6) is 0 Å². The molecule has 0 spiro atoms. The molecule has 0 saturated carbocycles. The normalized spacial score (nSPS) is 26.6. The highest BCUT2D eigenvalue weighted by atomic mass is 32.2. The van der Waals surface area contributed by atoms with Crippen molar-refractivity contribution in [3.05, 3.63) is 130 Å². The lowest BCUT2D eigenvalue weighted by Crippen LogP contribution is -2.66. The predicted molar refractivity (Wildman–Crippen MR) is 240 cm³/mol. The lowest BCUT2D eigenvalue weighted by atomic mass is 9.96. The molecular weight excluding hydrogens is 909 g/mol. The number of hydrogen-bond acceptors (Lipinski definition) is 17. The molecule has 0 aliphatic carbocycles. The number of amides is 4. The number of rotatable bonds is 11. The van der Waals surface area contributed by atoms with Crippen LogP contribution in [0, 0.1) is 13.8 Å². The molecule has 0 bridgehead atoms. The Morgan fingerprint density at radius 2 is 0.940 bits per heavy atom. The van der Waals surface area contributed by atoms with Crippen molar-refractivity contribution in [1.29, 1.82) is 0 Å². The van der Waals surface area contributed by atoms with Crippen molar-refractivity contribution < 1.29 is 72.6 Å². The number of aryl methyl sites for hydroxylation is 2. The van der Waals surface area contributed by atoms with E-state index in [1.54, 1.807) is 36.4 Å². The summed E-state index contributed by atoms with van der Waals surface area (Å²) in [4.78, 5) is 92.4. The van der Waals surface area contributed by atoms with Crippen LogP contribution in [0.2, 0.25) is 0 Å². The van der Waals surface area contributed by atoms with Gasteiger partial charge >= 0.3 is 17.9 Å². The Morgan fingerprint density at radius 3 is 1.34 bits per heavy atom. The van der Waals surface area contributed by atoms with Gasteiger partial charge in [-0.3, -0.25) is 43.4 Å². The van der Waals surface area contributed by atoms with Gasteiger partial charge in [-0.1, -0.05) is 83.2 Å². The molecule has 10 atom stereocenters. The molecule has 352 valence electrons. The number of aliphatic hydroxyl groups excluding tert-OH is 3. The van der Waals surface area contributed by atoms with E-state index in [9.17, 15) is 48.9 Å². The van der Waals surface area contributed by atoms with Crippen molar-refractivity contribution >= 4 is 65.1 Å². The molecule has 0 radical (unpaired) electrons. The zero-order chi connectivity index (χ0) is 48.3. The maximum absolute atomic E-state index is 13.5. The number of carbonyl (C=O) groups excluding carboxylic acids is 7. The van der Waals surface area contributed by atoms with E-state index in [0.29, 0.717) is 0 Å². The second-order valence-corrected chi connectivity index (χ2v) is 18.4. The van der Waals surface area contributed by atoms with Gasteiger partial charge in [0, 0.05) is 30.6 Å². The second kappa shape index (κ2) is 20.9. The van der Waals surface area contributed by atoms with Gasteiger partial charge in [0.15, 0.2) is 12.2 Å². The van der Waals surface area contributed by atoms with Crippen LogP contribution >= 0.6 is 23.5 Å². The first kappa shape index (κ1) is 49.0. The first-order valence-corrected chi connectivity index (χ1v) is 22.9. The molecule has 0 aromatic heterocycles. The lowest BCUT2D eigenvalue weighted by molar-refractivity contribution is -0.216. The van der Waals surface area contributed by atoms with E-state index < -0.39 is 108 Å². The van der Waals surface area contributed by atoms with Crippen LogP contribution in [0.3, 0.4) is 0 Å². The van der Waals surface area contributed by atoms with Crippen LogP contribution in [-0.2, 0) is 38.1 Å². The predicted octanol–water partition coefficient (Wildman–Crippen LogP) is 4.09. The van der Waals surface area contributed by atoms with Crippen LogP contribution in [0.15, 0.2) is 107 Å². The molecule has 10 unspecified atom stereocenters. The molecule has 4 aliphatic heterocycles. The van der Waals surface area contributed by atoms with Crippen LogP contribution < -0.4 is 0 Å². The summed E-state index contributed by atoms with van der Waals surface area (Å²) in [6.07, 6.45) is -7.58. The highest BCUT2D eigenvalue weighted by Gasteiger charge is 2.57. The first-order chi connectivity index (χ1) is 32.0. The minimum Gasteiger partial charge on any atom is -0.463 e. The molecule has 8 rings (SSSR count). The fourth-order valence-corrected chi connectivity index (χ4v) is 10.5. The SMILES string of the molecule is CC(=O)OCC1OC(Sc2ccc(C)cc2)C(N2C(=O)c3ccccc3C2=O)C(OC(C)=O)C1OC(C)=O.Cc1ccc(SC2OC(CO)C(O)C(O)C2N2C(=O)c3ccccc3C2=O)cc1. The third kappa shape index (κ3) is 10.5. The minimum absolute atomic E-state index is 0.198. The summed E-state index contributed by atoms with van der Waals surface area (Å²) in [5.74, 6) is -4.29. The zero-order valence-corrected chi connectivity index (χ0v) is 38.5. The third-order valence-electron chi connectivity index (χ3n) is 11.3. The van der Waals surface area contributed by atoms with Gasteiger partial charge in [-0.15, -0.1) is 0 Å². The molecule has 2 saturated heterocycles. The Bertz CT molecular complexity index is 2470. The summed E-state index contributed by atoms with van der Waals surface area (Å²) >= 11 is 2.43. The fraction of sp³-hybridized carbons (Fsp3) is 0.354. The zero-order valence-electron chi connectivity index (χ0n) is 36.9. The van der Waals surface area contributed by atoms with Crippen molar-refractivity contribution in [3.63, 3.8) is 0 Å². The van der Waals surface area contributed by atoms with E-state index in [-0.39, 0.29) is 28.9 Å². The van der Waals surface area contributed by atoms with Crippen LogP contribution in [0.1, 0.15) is 73.3 Å². The molecule has 4 aliphatic rings. The largest absolute Gasteiger partial charge is 0.463 e. The van der Waals surface area contributed by atoms with Crippen molar-refractivity contribution in [2.45, 2.75) is 104 Å². The Morgan fingerprint density at radius 1 is 0.552 bits per heavy atom. The van der Waals surface area contributed by atoms with Gasteiger partial charge in [-0.2, -0.15) is 0 Å². The average molecular weight is 957 g/mol. The van der Waals surface area contributed by atoms with Gasteiger partial charge in [0.05, 0.1) is 28.9 Å². The van der Waals surface area contributed by atoms with E-state index in [2.05, 4.69) is 0 Å². The fourth-order valence-electron chi connectivity index (χ4n) is 8.15. The topological polar surface area (TPSA) is 233 Å². The molecular formula is C48H48N2O15S2. The highest BCUT2D eigenvalue weighted by Crippen LogP contribution is 2.42. The number of aliphatic hydroxyl groups is 3. The number of carbonyl (C=O) groups is 7. The van der Waals surface area contributed by atoms with Gasteiger partial charge in [0.2, 0.25) is 0 Å². The Labute approximate surface area is 393 Å². The van der Waals surface area contributed by atoms with Crippen LogP contribution in [-0.4, -0.2) is 139 Å². The lowest BCUT2D eigenvalue weighted by Gasteiger charge is -2.47. The standard InChI is InChI=1S/C27H27NO9S.C21H21NO6S/c1-14-9-11-18(12-10-14)38-27-22(28-25(32)19-7-5-6-8-20(19)26(28)33)24(36-17(4)31)23(35-16(3)30)21(37-27)13-34-15(2)29;1-11-6-8-12(9-7-11)29-21-16(18(25)17(24)15(10-23)28-21)22-19(26)13-4-2-3-5-14(13)20(22)27/h5-12,21-24,27H,13H2,1-4H3;2-9,15-18,21,23-25H,10H2,1H3. The number of hydrogen-bond donors (Lipinski definition) is 3. The van der Waals surface area contributed by atoms with Gasteiger partial charge in [0.25, 0.3) is 23.6 Å². The van der Waals surface area contributed by atoms with Gasteiger partial charge < -0.3 is 39.0 Å². The van der Waals surface area contributed by atoms with Crippen molar-refractivity contribution in [1.82, 2.24) is 9.80 Å². The number of fused-ring (bicyclic) bond motifs is 2. The Balaban J connectivity index is 0.000000206. The summed E-state index contributed by atoms with van der Waals surface area (Å²) < 4.78 is 28.4. The van der Waals surface area contributed by atoms with Crippen molar-refractivity contribution in [2.24, 2.45) is 0 Å². The number of ether oxygens (including phenoxy) is 5. The highest BCUT2D eigenvalue weighted by molar-refractivity contribution is 8.00. The number of esters is 3. The average Bonchev–Trinajstić information content (AvgIpc) is 3.70. The Hall–Kier alpha value is -5.93. The molecule has 19 heteroatoms. The van der Waals surface area contributed by atoms with Crippen molar-refractivity contribution in [2.75, 3.05) is 13.2 Å². The third-order valence-corrected chi connectivity index (χ3v) is 13.6. The van der Waals surface area contributed by atoms with E-state index in [1.807, 2.05) is 62.4 Å². The number of thioether (sulfide) groups is 2. The molecule has 4 heterocycles. The molecule has 2 fully saturated rings. The second-order valence-electron chi connectivity index (χ2n) is 16.1. The molecule has 17 nitrogen and oxygen atoms in total. The van der Waals surface area contributed by atoms with Gasteiger partial charge in [-0.05, 0) is 62.4 Å². The maximum Gasteiger partial charge on any atom is 0.303 e. The first-order valence-electron chi connectivity index (χ1n) is 21.1. The Kier molecular flexibility index (Phi) is 15.3. The number of nitrogens with zero attached hydrogens (tertiary/aromatic N) is 2. The number of benzene rings is 4. The molecule has 3 N–H and O–H groups in total. The monoisotopic (exact) mass is 956 g/mol. The maximum atomic E-state index is 13.5.